The molecule has 0 saturated carbocycles. The van der Waals surface area contributed by atoms with Gasteiger partial charge in [-0.2, -0.15) is 0 Å². The molecular formula is C20H26ClN3O4. The van der Waals surface area contributed by atoms with E-state index in [1.54, 1.807) is 29.4 Å². The Morgan fingerprint density at radius 2 is 2.14 bits per heavy atom. The van der Waals surface area contributed by atoms with Crippen molar-refractivity contribution in [2.24, 2.45) is 5.73 Å². The Labute approximate surface area is 169 Å². The highest BCUT2D eigenvalue weighted by Crippen LogP contribution is 2.29. The molecule has 3 rings (SSSR count). The number of ether oxygens (including phenoxy) is 1. The molecule has 2 heterocycles. The molecule has 1 saturated heterocycles. The van der Waals surface area contributed by atoms with Crippen molar-refractivity contribution in [2.75, 3.05) is 19.6 Å². The number of nitrogens with two attached hydrogens (primary N) is 1. The predicted octanol–water partition coefficient (Wildman–Crippen LogP) is 3.11. The standard InChI is InChI=1S/C20H26ClN3O4/c1-19(2,3)28-18(26)24-9-8-20(21,15(22)11-24)12-23-17(25)14-6-4-5-13-7-10-27-16(13)14/h4-7,10,15H,8-9,11-12,22H2,1-3H3,(H,23,25). The Bertz CT molecular complexity index is 876. The molecule has 0 bridgehead atoms. The number of alkyl halides is 1. The van der Waals surface area contributed by atoms with Crippen molar-refractivity contribution in [1.29, 1.82) is 0 Å². The van der Waals surface area contributed by atoms with Gasteiger partial charge in [-0.3, -0.25) is 4.79 Å². The van der Waals surface area contributed by atoms with Crippen molar-refractivity contribution in [2.45, 2.75) is 43.7 Å². The first-order chi connectivity index (χ1) is 13.1. The van der Waals surface area contributed by atoms with E-state index in [1.807, 2.05) is 26.8 Å². The van der Waals surface area contributed by atoms with Crippen LogP contribution in [0.5, 0.6) is 0 Å². The fraction of sp³-hybridized carbons (Fsp3) is 0.500. The van der Waals surface area contributed by atoms with Crippen molar-refractivity contribution in [3.63, 3.8) is 0 Å². The Balaban J connectivity index is 1.61. The second-order valence-electron chi connectivity index (χ2n) is 8.14. The number of para-hydroxylation sites is 1. The molecule has 0 spiro atoms. The number of hydrogen-bond donors (Lipinski definition) is 2. The van der Waals surface area contributed by atoms with Crippen molar-refractivity contribution in [1.82, 2.24) is 10.2 Å². The predicted molar refractivity (Wildman–Crippen MR) is 108 cm³/mol. The number of piperidine rings is 1. The van der Waals surface area contributed by atoms with Crippen LogP contribution in [0.3, 0.4) is 0 Å². The number of benzene rings is 1. The van der Waals surface area contributed by atoms with Gasteiger partial charge in [0.05, 0.1) is 16.7 Å². The minimum Gasteiger partial charge on any atom is -0.464 e. The lowest BCUT2D eigenvalue weighted by atomic mass is 9.91. The van der Waals surface area contributed by atoms with Crippen LogP contribution in [0.25, 0.3) is 11.0 Å². The maximum atomic E-state index is 12.6. The Hall–Kier alpha value is -2.25. The summed E-state index contributed by atoms with van der Waals surface area (Å²) >= 11 is 6.72. The molecule has 2 atom stereocenters. The zero-order valence-electron chi connectivity index (χ0n) is 16.3. The topological polar surface area (TPSA) is 97.8 Å². The molecule has 0 radical (unpaired) electrons. The molecule has 8 heteroatoms. The van der Waals surface area contributed by atoms with Crippen LogP contribution >= 0.6 is 11.6 Å². The van der Waals surface area contributed by atoms with E-state index in [4.69, 9.17) is 26.5 Å². The molecule has 3 N–H and O–H groups in total. The normalized spacial score (nSPS) is 22.9. The van der Waals surface area contributed by atoms with Gasteiger partial charge >= 0.3 is 6.09 Å². The Morgan fingerprint density at radius 1 is 1.39 bits per heavy atom. The van der Waals surface area contributed by atoms with E-state index in [9.17, 15) is 9.59 Å². The number of fused-ring (bicyclic) bond motifs is 1. The maximum absolute atomic E-state index is 12.6. The first kappa shape index (κ1) is 20.5. The van der Waals surface area contributed by atoms with E-state index in [-0.39, 0.29) is 19.0 Å². The molecular weight excluding hydrogens is 382 g/mol. The molecule has 1 aromatic heterocycles. The number of halogens is 1. The highest BCUT2D eigenvalue weighted by Gasteiger charge is 2.42. The number of rotatable bonds is 3. The van der Waals surface area contributed by atoms with Crippen molar-refractivity contribution in [3.8, 4) is 0 Å². The van der Waals surface area contributed by atoms with Gasteiger partial charge in [0.25, 0.3) is 5.91 Å². The summed E-state index contributed by atoms with van der Waals surface area (Å²) in [6, 6.07) is 6.68. The van der Waals surface area contributed by atoms with Crippen LogP contribution in [-0.4, -0.2) is 53.1 Å². The van der Waals surface area contributed by atoms with Crippen LogP contribution in [0.2, 0.25) is 0 Å². The second kappa shape index (κ2) is 7.64. The van der Waals surface area contributed by atoms with Gasteiger partial charge in [-0.25, -0.2) is 4.79 Å². The highest BCUT2D eigenvalue weighted by atomic mass is 35.5. The summed E-state index contributed by atoms with van der Waals surface area (Å²) in [6.07, 6.45) is 1.59. The minimum absolute atomic E-state index is 0.188. The second-order valence-corrected chi connectivity index (χ2v) is 8.90. The smallest absolute Gasteiger partial charge is 0.410 e. The number of hydrogen-bond acceptors (Lipinski definition) is 5. The third-order valence-electron chi connectivity index (χ3n) is 4.80. The van der Waals surface area contributed by atoms with Gasteiger partial charge in [-0.1, -0.05) is 12.1 Å². The number of carbonyl (C=O) groups excluding carboxylic acids is 2. The summed E-state index contributed by atoms with van der Waals surface area (Å²) in [5.74, 6) is -0.276. The van der Waals surface area contributed by atoms with Crippen molar-refractivity contribution >= 4 is 34.6 Å². The summed E-state index contributed by atoms with van der Waals surface area (Å²) in [5.41, 5.74) is 6.66. The third-order valence-corrected chi connectivity index (χ3v) is 5.40. The number of amides is 2. The Kier molecular flexibility index (Phi) is 5.59. The molecule has 2 aromatic rings. The monoisotopic (exact) mass is 407 g/mol. The Morgan fingerprint density at radius 3 is 2.82 bits per heavy atom. The molecule has 2 unspecified atom stereocenters. The molecule has 0 aliphatic carbocycles. The first-order valence-electron chi connectivity index (χ1n) is 9.26. The van der Waals surface area contributed by atoms with Crippen LogP contribution < -0.4 is 11.1 Å². The van der Waals surface area contributed by atoms with Crippen LogP contribution in [0, 0.1) is 0 Å². The van der Waals surface area contributed by atoms with Crippen molar-refractivity contribution < 1.29 is 18.7 Å². The number of nitrogens with one attached hydrogen (secondary N) is 1. The van der Waals surface area contributed by atoms with E-state index in [0.29, 0.717) is 24.1 Å². The molecule has 28 heavy (non-hydrogen) atoms. The summed E-state index contributed by atoms with van der Waals surface area (Å²) in [5, 5.41) is 3.72. The van der Waals surface area contributed by atoms with E-state index < -0.39 is 22.6 Å². The summed E-state index contributed by atoms with van der Waals surface area (Å²) in [6.45, 7) is 6.31. The van der Waals surface area contributed by atoms with Crippen molar-refractivity contribution in [3.05, 3.63) is 36.1 Å². The van der Waals surface area contributed by atoms with Crippen LogP contribution in [0.15, 0.2) is 34.9 Å². The molecule has 1 fully saturated rings. The van der Waals surface area contributed by atoms with Crippen LogP contribution in [-0.2, 0) is 4.74 Å². The van der Waals surface area contributed by atoms with E-state index in [0.717, 1.165) is 5.39 Å². The van der Waals surface area contributed by atoms with Gasteiger partial charge < -0.3 is 25.1 Å². The summed E-state index contributed by atoms with van der Waals surface area (Å²) < 4.78 is 10.8. The lowest BCUT2D eigenvalue weighted by Gasteiger charge is -2.42. The zero-order chi connectivity index (χ0) is 20.5. The number of furan rings is 1. The van der Waals surface area contributed by atoms with Crippen LogP contribution in [0.4, 0.5) is 4.79 Å². The summed E-state index contributed by atoms with van der Waals surface area (Å²) in [7, 11) is 0. The zero-order valence-corrected chi connectivity index (χ0v) is 17.1. The SMILES string of the molecule is CC(C)(C)OC(=O)N1CCC(Cl)(CNC(=O)c2cccc3ccoc23)C(N)C1. The van der Waals surface area contributed by atoms with Crippen LogP contribution in [0.1, 0.15) is 37.6 Å². The molecule has 152 valence electrons. The molecule has 1 aliphatic heterocycles. The van der Waals surface area contributed by atoms with Gasteiger partial charge in [0, 0.05) is 31.1 Å². The lowest BCUT2D eigenvalue weighted by molar-refractivity contribution is 0.0173. The fourth-order valence-corrected chi connectivity index (χ4v) is 3.42. The number of nitrogens with zero attached hydrogens (tertiary/aromatic N) is 1. The van der Waals surface area contributed by atoms with Gasteiger partial charge in [0.15, 0.2) is 0 Å². The lowest BCUT2D eigenvalue weighted by Crippen LogP contribution is -2.62. The van der Waals surface area contributed by atoms with Gasteiger partial charge in [0.2, 0.25) is 0 Å². The van der Waals surface area contributed by atoms with Gasteiger partial charge in [-0.05, 0) is 39.3 Å². The molecule has 1 aliphatic rings. The van der Waals surface area contributed by atoms with E-state index in [2.05, 4.69) is 5.32 Å². The van der Waals surface area contributed by atoms with Gasteiger partial charge in [0.1, 0.15) is 11.2 Å². The van der Waals surface area contributed by atoms with Gasteiger partial charge in [-0.15, -0.1) is 11.6 Å². The number of carbonyl (C=O) groups is 2. The molecule has 1 aromatic carbocycles. The third kappa shape index (κ3) is 4.42. The highest BCUT2D eigenvalue weighted by molar-refractivity contribution is 6.25. The first-order valence-corrected chi connectivity index (χ1v) is 9.64. The maximum Gasteiger partial charge on any atom is 0.410 e. The summed E-state index contributed by atoms with van der Waals surface area (Å²) in [4.78, 5) is 25.6. The average Bonchev–Trinajstić information content (AvgIpc) is 3.09. The van der Waals surface area contributed by atoms with E-state index in [1.165, 1.54) is 0 Å². The quantitative estimate of drug-likeness (QED) is 0.762. The number of likely N-dealkylation sites (tertiary alicyclic amines) is 1. The molecule has 7 nitrogen and oxygen atoms in total. The minimum atomic E-state index is -0.842. The fourth-order valence-electron chi connectivity index (χ4n) is 3.20. The molecule has 2 amide bonds. The van der Waals surface area contributed by atoms with E-state index >= 15 is 0 Å². The average molecular weight is 408 g/mol. The largest absolute Gasteiger partial charge is 0.464 e.